The van der Waals surface area contributed by atoms with Crippen LogP contribution in [0.5, 0.6) is 0 Å². The van der Waals surface area contributed by atoms with Gasteiger partial charge in [-0.05, 0) is 30.9 Å². The number of hydrogen-bond donors (Lipinski definition) is 0. The second-order valence-electron chi connectivity index (χ2n) is 6.12. The van der Waals surface area contributed by atoms with Crippen LogP contribution in [-0.2, 0) is 4.74 Å². The van der Waals surface area contributed by atoms with Crippen molar-refractivity contribution in [3.63, 3.8) is 0 Å². The van der Waals surface area contributed by atoms with Crippen molar-refractivity contribution in [1.82, 2.24) is 4.90 Å². The van der Waals surface area contributed by atoms with Crippen molar-refractivity contribution in [1.29, 1.82) is 0 Å². The Morgan fingerprint density at radius 2 is 2.20 bits per heavy atom. The van der Waals surface area contributed by atoms with Crippen LogP contribution in [0.25, 0.3) is 10.1 Å². The fraction of sp³-hybridized carbons (Fsp3) is 0.438. The zero-order valence-electron chi connectivity index (χ0n) is 11.5. The molecule has 0 saturated carbocycles. The Hall–Kier alpha value is -1.39. The molecule has 0 bridgehead atoms. The molecule has 1 amide bonds. The highest BCUT2D eigenvalue weighted by molar-refractivity contribution is 7.20. The van der Waals surface area contributed by atoms with Crippen LogP contribution < -0.4 is 0 Å². The summed E-state index contributed by atoms with van der Waals surface area (Å²) in [5, 5.41) is 1.18. The summed E-state index contributed by atoms with van der Waals surface area (Å²) in [6, 6.07) is 8.38. The van der Waals surface area contributed by atoms with Crippen molar-refractivity contribution in [3.05, 3.63) is 34.7 Å². The number of amides is 1. The number of likely N-dealkylation sites (tertiary alicyclic amines) is 1. The molecule has 2 aliphatic heterocycles. The van der Waals surface area contributed by atoms with Crippen LogP contribution >= 0.6 is 11.3 Å². The highest BCUT2D eigenvalue weighted by Gasteiger charge is 2.47. The Morgan fingerprint density at radius 3 is 2.95 bits per heavy atom. The summed E-state index contributed by atoms with van der Waals surface area (Å²) >= 11 is 1.60. The number of carbonyl (C=O) groups is 1. The van der Waals surface area contributed by atoms with Crippen LogP contribution in [0.2, 0.25) is 0 Å². The first-order valence-corrected chi connectivity index (χ1v) is 7.84. The molecule has 2 aliphatic rings. The molecule has 3 heterocycles. The Balaban J connectivity index is 1.55. The molecule has 2 aromatic rings. The van der Waals surface area contributed by atoms with E-state index in [0.29, 0.717) is 0 Å². The maximum Gasteiger partial charge on any atom is 0.264 e. The molecule has 20 heavy (non-hydrogen) atoms. The van der Waals surface area contributed by atoms with Gasteiger partial charge in [-0.2, -0.15) is 0 Å². The van der Waals surface area contributed by atoms with E-state index < -0.39 is 0 Å². The fourth-order valence-corrected chi connectivity index (χ4v) is 4.24. The number of ether oxygens (including phenoxy) is 1. The van der Waals surface area contributed by atoms with Crippen molar-refractivity contribution < 1.29 is 9.53 Å². The van der Waals surface area contributed by atoms with Gasteiger partial charge in [-0.15, -0.1) is 11.3 Å². The lowest BCUT2D eigenvalue weighted by atomic mass is 9.79. The number of carbonyl (C=O) groups excluding carboxylic acids is 1. The number of thiophene rings is 1. The molecule has 1 aromatic carbocycles. The van der Waals surface area contributed by atoms with Gasteiger partial charge in [0.05, 0.1) is 11.5 Å². The molecule has 0 N–H and O–H groups in total. The Kier molecular flexibility index (Phi) is 2.66. The van der Waals surface area contributed by atoms with Crippen LogP contribution in [0.1, 0.15) is 21.7 Å². The number of hydrogen-bond acceptors (Lipinski definition) is 3. The average molecular weight is 287 g/mol. The molecule has 1 spiro atoms. The summed E-state index contributed by atoms with van der Waals surface area (Å²) in [6.07, 6.45) is 1.10. The lowest BCUT2D eigenvalue weighted by molar-refractivity contribution is 0.000716. The predicted molar refractivity (Wildman–Crippen MR) is 80.3 cm³/mol. The second-order valence-corrected chi connectivity index (χ2v) is 7.20. The summed E-state index contributed by atoms with van der Waals surface area (Å²) in [5.41, 5.74) is 1.50. The lowest BCUT2D eigenvalue weighted by Crippen LogP contribution is -2.58. The largest absolute Gasteiger partial charge is 0.381 e. The van der Waals surface area contributed by atoms with Gasteiger partial charge in [0, 0.05) is 29.8 Å². The Labute approximate surface area is 122 Å². The zero-order valence-corrected chi connectivity index (χ0v) is 12.3. The molecule has 3 nitrogen and oxygen atoms in total. The molecule has 4 heteroatoms. The Bertz CT molecular complexity index is 677. The van der Waals surface area contributed by atoms with Gasteiger partial charge in [0.25, 0.3) is 5.91 Å². The minimum Gasteiger partial charge on any atom is -0.381 e. The maximum atomic E-state index is 12.5. The van der Waals surface area contributed by atoms with Gasteiger partial charge in [-0.1, -0.05) is 17.7 Å². The van der Waals surface area contributed by atoms with Crippen molar-refractivity contribution in [3.8, 4) is 0 Å². The first-order chi connectivity index (χ1) is 9.65. The summed E-state index contributed by atoms with van der Waals surface area (Å²) in [5.74, 6) is 0.182. The van der Waals surface area contributed by atoms with Crippen molar-refractivity contribution in [2.45, 2.75) is 13.3 Å². The van der Waals surface area contributed by atoms with Gasteiger partial charge in [-0.25, -0.2) is 0 Å². The highest BCUT2D eigenvalue weighted by Crippen LogP contribution is 2.39. The molecule has 0 aliphatic carbocycles. The SMILES string of the molecule is Cc1ccc2sc(C(=O)N3CC4(CCOC4)C3)cc2c1. The lowest BCUT2D eigenvalue weighted by Gasteiger charge is -2.46. The number of aryl methyl sites for hydroxylation is 1. The smallest absolute Gasteiger partial charge is 0.264 e. The number of rotatable bonds is 1. The van der Waals surface area contributed by atoms with Crippen LogP contribution in [0, 0.1) is 12.3 Å². The van der Waals surface area contributed by atoms with Crippen molar-refractivity contribution in [2.75, 3.05) is 26.3 Å². The quantitative estimate of drug-likeness (QED) is 0.806. The van der Waals surface area contributed by atoms with E-state index in [1.165, 1.54) is 15.6 Å². The summed E-state index contributed by atoms with van der Waals surface area (Å²) in [4.78, 5) is 15.3. The zero-order chi connectivity index (χ0) is 13.7. The molecule has 0 radical (unpaired) electrons. The summed E-state index contributed by atoms with van der Waals surface area (Å²) in [7, 11) is 0. The molecule has 1 aromatic heterocycles. The van der Waals surface area contributed by atoms with Gasteiger partial charge >= 0.3 is 0 Å². The fourth-order valence-electron chi connectivity index (χ4n) is 3.23. The number of nitrogens with zero attached hydrogens (tertiary/aromatic N) is 1. The standard InChI is InChI=1S/C16H17NO2S/c1-11-2-3-13-12(6-11)7-14(20-13)15(18)17-8-16(9-17)4-5-19-10-16/h2-3,6-7H,4-5,8-10H2,1H3. The first-order valence-electron chi connectivity index (χ1n) is 7.03. The van der Waals surface area contributed by atoms with E-state index in [4.69, 9.17) is 4.74 Å². The van der Waals surface area contributed by atoms with E-state index in [-0.39, 0.29) is 11.3 Å². The third-order valence-electron chi connectivity index (χ3n) is 4.41. The molecular formula is C16H17NO2S. The topological polar surface area (TPSA) is 29.5 Å². The molecule has 104 valence electrons. The number of benzene rings is 1. The molecule has 4 rings (SSSR count). The van der Waals surface area contributed by atoms with E-state index in [2.05, 4.69) is 25.1 Å². The molecule has 2 fully saturated rings. The van der Waals surface area contributed by atoms with Gasteiger partial charge in [0.15, 0.2) is 0 Å². The normalized spacial score (nSPS) is 20.6. The van der Waals surface area contributed by atoms with E-state index in [0.717, 1.165) is 37.6 Å². The monoisotopic (exact) mass is 287 g/mol. The van der Waals surface area contributed by atoms with E-state index in [1.807, 2.05) is 11.0 Å². The third-order valence-corrected chi connectivity index (χ3v) is 5.51. The van der Waals surface area contributed by atoms with Gasteiger partial charge in [0.1, 0.15) is 0 Å². The van der Waals surface area contributed by atoms with E-state index in [9.17, 15) is 4.79 Å². The molecule has 0 unspecified atom stereocenters. The molecule has 0 atom stereocenters. The summed E-state index contributed by atoms with van der Waals surface area (Å²) < 4.78 is 6.65. The number of fused-ring (bicyclic) bond motifs is 1. The van der Waals surface area contributed by atoms with Gasteiger partial charge in [0.2, 0.25) is 0 Å². The second kappa shape index (κ2) is 4.30. The highest BCUT2D eigenvalue weighted by atomic mass is 32.1. The summed E-state index contributed by atoms with van der Waals surface area (Å²) in [6.45, 7) is 5.47. The van der Waals surface area contributed by atoms with Crippen LogP contribution in [0.3, 0.4) is 0 Å². The van der Waals surface area contributed by atoms with Crippen molar-refractivity contribution >= 4 is 27.3 Å². The van der Waals surface area contributed by atoms with Crippen LogP contribution in [-0.4, -0.2) is 37.1 Å². The predicted octanol–water partition coefficient (Wildman–Crippen LogP) is 3.07. The maximum absolute atomic E-state index is 12.5. The third kappa shape index (κ3) is 1.86. The Morgan fingerprint density at radius 1 is 1.35 bits per heavy atom. The average Bonchev–Trinajstić information content (AvgIpc) is 3.01. The molecular weight excluding hydrogens is 270 g/mol. The van der Waals surface area contributed by atoms with E-state index >= 15 is 0 Å². The minimum absolute atomic E-state index is 0.182. The van der Waals surface area contributed by atoms with Crippen LogP contribution in [0.15, 0.2) is 24.3 Å². The van der Waals surface area contributed by atoms with Crippen molar-refractivity contribution in [2.24, 2.45) is 5.41 Å². The van der Waals surface area contributed by atoms with E-state index in [1.54, 1.807) is 11.3 Å². The first kappa shape index (κ1) is 12.4. The molecule has 2 saturated heterocycles. The van der Waals surface area contributed by atoms with Crippen LogP contribution in [0.4, 0.5) is 0 Å². The van der Waals surface area contributed by atoms with Gasteiger partial charge in [-0.3, -0.25) is 4.79 Å². The minimum atomic E-state index is 0.182. The van der Waals surface area contributed by atoms with Gasteiger partial charge < -0.3 is 9.64 Å².